The highest BCUT2D eigenvalue weighted by atomic mass is 16.6. The molecule has 1 saturated carbocycles. The Kier molecular flexibility index (Phi) is 2.79. The van der Waals surface area contributed by atoms with Gasteiger partial charge in [-0.25, -0.2) is 0 Å². The van der Waals surface area contributed by atoms with Gasteiger partial charge in [-0.3, -0.25) is 10.1 Å². The van der Waals surface area contributed by atoms with E-state index in [0.717, 1.165) is 0 Å². The lowest BCUT2D eigenvalue weighted by Crippen LogP contribution is -2.56. The molecule has 2 atom stereocenters. The smallest absolute Gasteiger partial charge is 0.273 e. The predicted octanol–water partition coefficient (Wildman–Crippen LogP) is 2.13. The highest BCUT2D eigenvalue weighted by Crippen LogP contribution is 2.43. The highest BCUT2D eigenvalue weighted by Gasteiger charge is 2.49. The Morgan fingerprint density at radius 1 is 1.53 bits per heavy atom. The predicted molar refractivity (Wildman–Crippen MR) is 61.9 cm³/mol. The zero-order chi connectivity index (χ0) is 12.6. The van der Waals surface area contributed by atoms with Crippen molar-refractivity contribution in [3.05, 3.63) is 34.4 Å². The fourth-order valence-corrected chi connectivity index (χ4v) is 1.90. The van der Waals surface area contributed by atoms with Crippen LogP contribution in [0, 0.1) is 15.5 Å². The average molecular weight is 237 g/mol. The van der Waals surface area contributed by atoms with Gasteiger partial charge in [-0.05, 0) is 6.07 Å². The molecule has 1 aromatic rings. The summed E-state index contributed by atoms with van der Waals surface area (Å²) in [6, 6.07) is 6.11. The van der Waals surface area contributed by atoms with Crippen LogP contribution in [0.15, 0.2) is 24.3 Å². The van der Waals surface area contributed by atoms with Gasteiger partial charge in [0, 0.05) is 17.9 Å². The van der Waals surface area contributed by atoms with Crippen molar-refractivity contribution in [1.82, 2.24) is 0 Å². The van der Waals surface area contributed by atoms with E-state index in [1.807, 2.05) is 13.8 Å². The lowest BCUT2D eigenvalue weighted by Gasteiger charge is -2.48. The van der Waals surface area contributed by atoms with E-state index >= 15 is 0 Å². The molecular formula is C12H15NO4. The Morgan fingerprint density at radius 2 is 2.24 bits per heavy atom. The molecule has 0 heterocycles. The van der Waals surface area contributed by atoms with Gasteiger partial charge in [0.05, 0.1) is 17.1 Å². The quantitative estimate of drug-likeness (QED) is 0.645. The van der Waals surface area contributed by atoms with Crippen LogP contribution in [-0.2, 0) is 0 Å². The molecule has 2 unspecified atom stereocenters. The second-order valence-corrected chi connectivity index (χ2v) is 4.93. The molecule has 2 rings (SSSR count). The number of hydrogen-bond donors (Lipinski definition) is 1. The van der Waals surface area contributed by atoms with E-state index < -0.39 is 4.92 Å². The molecule has 0 saturated heterocycles. The number of hydrogen-bond acceptors (Lipinski definition) is 4. The zero-order valence-electron chi connectivity index (χ0n) is 9.79. The molecule has 0 bridgehead atoms. The maximum absolute atomic E-state index is 10.6. The first-order valence-corrected chi connectivity index (χ1v) is 5.50. The number of aliphatic hydroxyl groups excluding tert-OH is 1. The van der Waals surface area contributed by atoms with Crippen molar-refractivity contribution < 1.29 is 14.8 Å². The summed E-state index contributed by atoms with van der Waals surface area (Å²) < 4.78 is 5.66. The number of nitro benzene ring substituents is 1. The molecular weight excluding hydrogens is 222 g/mol. The van der Waals surface area contributed by atoms with E-state index in [9.17, 15) is 15.2 Å². The van der Waals surface area contributed by atoms with Crippen LogP contribution in [0.2, 0.25) is 0 Å². The summed E-state index contributed by atoms with van der Waals surface area (Å²) in [5, 5.41) is 20.2. The van der Waals surface area contributed by atoms with Gasteiger partial charge in [0.15, 0.2) is 0 Å². The summed E-state index contributed by atoms with van der Waals surface area (Å²) in [4.78, 5) is 10.2. The minimum Gasteiger partial charge on any atom is -0.489 e. The number of rotatable bonds is 3. The first-order valence-electron chi connectivity index (χ1n) is 5.50. The Balaban J connectivity index is 2.10. The maximum atomic E-state index is 10.6. The Labute approximate surface area is 99.2 Å². The van der Waals surface area contributed by atoms with Crippen LogP contribution in [0.1, 0.15) is 20.3 Å². The van der Waals surface area contributed by atoms with Crippen LogP contribution in [0.3, 0.4) is 0 Å². The van der Waals surface area contributed by atoms with E-state index in [1.54, 1.807) is 12.1 Å². The molecule has 0 spiro atoms. The van der Waals surface area contributed by atoms with Gasteiger partial charge in [-0.15, -0.1) is 0 Å². The number of nitro groups is 1. The minimum absolute atomic E-state index is 0.0141. The van der Waals surface area contributed by atoms with Crippen molar-refractivity contribution in [1.29, 1.82) is 0 Å². The molecule has 5 nitrogen and oxygen atoms in total. The summed E-state index contributed by atoms with van der Waals surface area (Å²) in [7, 11) is 0. The van der Waals surface area contributed by atoms with Crippen molar-refractivity contribution in [2.75, 3.05) is 0 Å². The van der Waals surface area contributed by atoms with E-state index in [-0.39, 0.29) is 23.3 Å². The second-order valence-electron chi connectivity index (χ2n) is 4.93. The number of benzene rings is 1. The molecule has 1 aliphatic rings. The van der Waals surface area contributed by atoms with Crippen molar-refractivity contribution in [2.24, 2.45) is 5.41 Å². The summed E-state index contributed by atoms with van der Waals surface area (Å²) in [5.74, 6) is 0.476. The lowest BCUT2D eigenvalue weighted by molar-refractivity contribution is -0.385. The van der Waals surface area contributed by atoms with Crippen molar-refractivity contribution in [2.45, 2.75) is 32.5 Å². The normalized spacial score (nSPS) is 26.1. The topological polar surface area (TPSA) is 72.6 Å². The maximum Gasteiger partial charge on any atom is 0.273 e. The first kappa shape index (κ1) is 11.9. The van der Waals surface area contributed by atoms with Crippen LogP contribution in [0.5, 0.6) is 5.75 Å². The summed E-state index contributed by atoms with van der Waals surface area (Å²) >= 11 is 0. The van der Waals surface area contributed by atoms with Gasteiger partial charge in [0.25, 0.3) is 5.69 Å². The van der Waals surface area contributed by atoms with Gasteiger partial charge in [-0.1, -0.05) is 19.9 Å². The van der Waals surface area contributed by atoms with E-state index in [1.165, 1.54) is 12.1 Å². The highest BCUT2D eigenvalue weighted by molar-refractivity contribution is 5.38. The number of non-ortho nitro benzene ring substituents is 1. The average Bonchev–Trinajstić information content (AvgIpc) is 2.29. The Hall–Kier alpha value is -1.62. The zero-order valence-corrected chi connectivity index (χ0v) is 9.79. The molecule has 0 aliphatic heterocycles. The molecule has 1 N–H and O–H groups in total. The molecule has 0 aromatic heterocycles. The minimum atomic E-state index is -0.451. The van der Waals surface area contributed by atoms with Crippen LogP contribution in [-0.4, -0.2) is 22.2 Å². The second kappa shape index (κ2) is 4.00. The molecule has 1 fully saturated rings. The van der Waals surface area contributed by atoms with Crippen LogP contribution < -0.4 is 4.74 Å². The summed E-state index contributed by atoms with van der Waals surface area (Å²) in [5.41, 5.74) is -0.287. The van der Waals surface area contributed by atoms with Crippen molar-refractivity contribution in [3.8, 4) is 5.75 Å². The largest absolute Gasteiger partial charge is 0.489 e. The number of aliphatic hydroxyl groups is 1. The Morgan fingerprint density at radius 3 is 2.76 bits per heavy atom. The number of ether oxygens (including phenoxy) is 1. The van der Waals surface area contributed by atoms with Crippen molar-refractivity contribution in [3.63, 3.8) is 0 Å². The third kappa shape index (κ3) is 2.10. The van der Waals surface area contributed by atoms with Gasteiger partial charge >= 0.3 is 0 Å². The van der Waals surface area contributed by atoms with Crippen LogP contribution in [0.4, 0.5) is 5.69 Å². The fraction of sp³-hybridized carbons (Fsp3) is 0.500. The van der Waals surface area contributed by atoms with Crippen LogP contribution >= 0.6 is 0 Å². The van der Waals surface area contributed by atoms with E-state index in [4.69, 9.17) is 4.74 Å². The van der Waals surface area contributed by atoms with E-state index in [2.05, 4.69) is 0 Å². The molecule has 92 valence electrons. The molecule has 0 amide bonds. The SMILES string of the molecule is CC1(C)C(O)CC1Oc1cccc([N+](=O)[O-])c1. The lowest BCUT2D eigenvalue weighted by atomic mass is 9.66. The van der Waals surface area contributed by atoms with E-state index in [0.29, 0.717) is 12.2 Å². The monoisotopic (exact) mass is 237 g/mol. The first-order chi connectivity index (χ1) is 7.91. The summed E-state index contributed by atoms with van der Waals surface area (Å²) in [6.07, 6.45) is 0.0982. The third-order valence-electron chi connectivity index (χ3n) is 3.43. The third-order valence-corrected chi connectivity index (χ3v) is 3.43. The van der Waals surface area contributed by atoms with Gasteiger partial charge < -0.3 is 9.84 Å². The summed E-state index contributed by atoms with van der Waals surface area (Å²) in [6.45, 7) is 3.84. The van der Waals surface area contributed by atoms with Gasteiger partial charge in [-0.2, -0.15) is 0 Å². The molecule has 1 aliphatic carbocycles. The molecule has 0 radical (unpaired) electrons. The van der Waals surface area contributed by atoms with Gasteiger partial charge in [0.2, 0.25) is 0 Å². The fourth-order valence-electron chi connectivity index (χ4n) is 1.90. The standard InChI is InChI=1S/C12H15NO4/c1-12(2)10(14)7-11(12)17-9-5-3-4-8(6-9)13(15)16/h3-6,10-11,14H,7H2,1-2H3. The Bertz CT molecular complexity index is 444. The molecule has 1 aromatic carbocycles. The van der Waals surface area contributed by atoms with Crippen LogP contribution in [0.25, 0.3) is 0 Å². The number of nitrogens with zero attached hydrogens (tertiary/aromatic N) is 1. The van der Waals surface area contributed by atoms with Crippen molar-refractivity contribution >= 4 is 5.69 Å². The molecule has 5 heteroatoms. The molecule has 17 heavy (non-hydrogen) atoms. The van der Waals surface area contributed by atoms with Gasteiger partial charge in [0.1, 0.15) is 11.9 Å².